The Morgan fingerprint density at radius 2 is 1.74 bits per heavy atom. The Balaban J connectivity index is 1.34. The van der Waals surface area contributed by atoms with Crippen LogP contribution in [0.5, 0.6) is 0 Å². The average Bonchev–Trinajstić information content (AvgIpc) is 3.15. The van der Waals surface area contributed by atoms with Crippen LogP contribution in [0.2, 0.25) is 0 Å². The molecule has 0 spiro atoms. The molecule has 1 unspecified atom stereocenters. The van der Waals surface area contributed by atoms with Gasteiger partial charge >= 0.3 is 5.97 Å². The maximum Gasteiger partial charge on any atom is 0.338 e. The first-order chi connectivity index (χ1) is 16.4. The summed E-state index contributed by atoms with van der Waals surface area (Å²) in [6.07, 6.45) is 3.35. The number of rotatable bonds is 8. The van der Waals surface area contributed by atoms with Crippen LogP contribution in [-0.4, -0.2) is 41.2 Å². The summed E-state index contributed by atoms with van der Waals surface area (Å²) in [5.74, 6) is -2.41. The molecule has 1 N–H and O–H groups in total. The van der Waals surface area contributed by atoms with Crippen LogP contribution in [0, 0.1) is 5.82 Å². The third kappa shape index (κ3) is 5.21. The SMILES string of the molecule is O=C(COC(=O)c1ccc(N2C(=O)CC(NCc3cccnc3)C2=O)cc1)c1ccc(F)cc1. The van der Waals surface area contributed by atoms with Crippen LogP contribution in [0.15, 0.2) is 73.1 Å². The first-order valence-corrected chi connectivity index (χ1v) is 10.5. The number of anilines is 1. The number of carbonyl (C=O) groups is 4. The highest BCUT2D eigenvalue weighted by atomic mass is 19.1. The van der Waals surface area contributed by atoms with E-state index in [0.29, 0.717) is 12.2 Å². The molecule has 0 radical (unpaired) electrons. The molecular formula is C25H20FN3O5. The molecule has 8 nitrogen and oxygen atoms in total. The van der Waals surface area contributed by atoms with Crippen LogP contribution in [0.1, 0.15) is 32.7 Å². The molecule has 3 aromatic rings. The number of esters is 1. The number of carbonyl (C=O) groups excluding carboxylic acids is 4. The van der Waals surface area contributed by atoms with Crippen molar-refractivity contribution in [1.82, 2.24) is 10.3 Å². The van der Waals surface area contributed by atoms with Crippen LogP contribution in [0.3, 0.4) is 0 Å². The molecule has 1 aliphatic heterocycles. The number of benzene rings is 2. The zero-order valence-electron chi connectivity index (χ0n) is 17.9. The number of amides is 2. The van der Waals surface area contributed by atoms with Crippen molar-refractivity contribution in [3.05, 3.63) is 95.6 Å². The van der Waals surface area contributed by atoms with Gasteiger partial charge in [-0.05, 0) is 60.2 Å². The van der Waals surface area contributed by atoms with Gasteiger partial charge < -0.3 is 10.1 Å². The number of halogens is 1. The summed E-state index contributed by atoms with van der Waals surface area (Å²) in [7, 11) is 0. The summed E-state index contributed by atoms with van der Waals surface area (Å²) in [6, 6.07) is 13.7. The summed E-state index contributed by atoms with van der Waals surface area (Å²) in [5, 5.41) is 3.07. The number of imide groups is 1. The fraction of sp³-hybridized carbons (Fsp3) is 0.160. The van der Waals surface area contributed by atoms with E-state index in [-0.39, 0.29) is 29.4 Å². The number of ketones is 1. The molecule has 4 rings (SSSR count). The fourth-order valence-corrected chi connectivity index (χ4v) is 3.49. The number of nitrogens with zero attached hydrogens (tertiary/aromatic N) is 2. The Morgan fingerprint density at radius 3 is 2.41 bits per heavy atom. The number of nitrogens with one attached hydrogen (secondary N) is 1. The summed E-state index contributed by atoms with van der Waals surface area (Å²) in [4.78, 5) is 54.7. The Morgan fingerprint density at radius 1 is 1.03 bits per heavy atom. The number of aromatic nitrogens is 1. The van der Waals surface area contributed by atoms with Crippen LogP contribution in [-0.2, 0) is 20.9 Å². The highest BCUT2D eigenvalue weighted by molar-refractivity contribution is 6.22. The monoisotopic (exact) mass is 461 g/mol. The van der Waals surface area contributed by atoms with Crippen molar-refractivity contribution in [2.45, 2.75) is 19.0 Å². The molecule has 1 aliphatic rings. The first-order valence-electron chi connectivity index (χ1n) is 10.5. The second-order valence-corrected chi connectivity index (χ2v) is 7.62. The average molecular weight is 461 g/mol. The van der Waals surface area contributed by atoms with Crippen molar-refractivity contribution in [1.29, 1.82) is 0 Å². The Kier molecular flexibility index (Phi) is 6.84. The molecule has 2 aromatic carbocycles. The minimum atomic E-state index is -0.739. The maximum absolute atomic E-state index is 13.0. The normalized spacial score (nSPS) is 15.4. The van der Waals surface area contributed by atoms with Gasteiger partial charge in [0.15, 0.2) is 12.4 Å². The lowest BCUT2D eigenvalue weighted by molar-refractivity contribution is -0.121. The number of ether oxygens (including phenoxy) is 1. The molecule has 172 valence electrons. The summed E-state index contributed by atoms with van der Waals surface area (Å²) in [5.41, 5.74) is 1.60. The van der Waals surface area contributed by atoms with Gasteiger partial charge in [0.05, 0.1) is 23.7 Å². The van der Waals surface area contributed by atoms with E-state index < -0.39 is 30.2 Å². The second-order valence-electron chi connectivity index (χ2n) is 7.62. The van der Waals surface area contributed by atoms with Gasteiger partial charge in [-0.3, -0.25) is 19.4 Å². The third-order valence-corrected chi connectivity index (χ3v) is 5.28. The Bertz CT molecular complexity index is 1210. The quantitative estimate of drug-likeness (QED) is 0.312. The molecule has 34 heavy (non-hydrogen) atoms. The van der Waals surface area contributed by atoms with Gasteiger partial charge in [-0.15, -0.1) is 0 Å². The molecule has 0 aliphatic carbocycles. The molecule has 1 atom stereocenters. The zero-order chi connectivity index (χ0) is 24.1. The molecule has 1 saturated heterocycles. The van der Waals surface area contributed by atoms with Gasteiger partial charge in [-0.1, -0.05) is 6.07 Å². The predicted molar refractivity (Wildman–Crippen MR) is 119 cm³/mol. The van der Waals surface area contributed by atoms with Crippen LogP contribution >= 0.6 is 0 Å². The van der Waals surface area contributed by atoms with E-state index in [2.05, 4.69) is 10.3 Å². The lowest BCUT2D eigenvalue weighted by atomic mass is 10.1. The van der Waals surface area contributed by atoms with Gasteiger partial charge in [-0.25, -0.2) is 14.1 Å². The molecular weight excluding hydrogens is 441 g/mol. The third-order valence-electron chi connectivity index (χ3n) is 5.28. The topological polar surface area (TPSA) is 106 Å². The second kappa shape index (κ2) is 10.1. The van der Waals surface area contributed by atoms with Gasteiger partial charge in [0, 0.05) is 24.5 Å². The van der Waals surface area contributed by atoms with Crippen molar-refractivity contribution < 1.29 is 28.3 Å². The van der Waals surface area contributed by atoms with Gasteiger partial charge in [0.1, 0.15) is 5.82 Å². The molecule has 1 fully saturated rings. The summed E-state index contributed by atoms with van der Waals surface area (Å²) >= 11 is 0. The van der Waals surface area contributed by atoms with Crippen LogP contribution in [0.25, 0.3) is 0 Å². The molecule has 9 heteroatoms. The van der Waals surface area contributed by atoms with Crippen molar-refractivity contribution in [2.75, 3.05) is 11.5 Å². The highest BCUT2D eigenvalue weighted by Gasteiger charge is 2.39. The number of hydrogen-bond acceptors (Lipinski definition) is 7. The van der Waals surface area contributed by atoms with Crippen LogP contribution < -0.4 is 10.2 Å². The minimum Gasteiger partial charge on any atom is -0.454 e. The van der Waals surface area contributed by atoms with Crippen molar-refractivity contribution in [3.8, 4) is 0 Å². The van der Waals surface area contributed by atoms with E-state index in [1.54, 1.807) is 18.5 Å². The Labute approximate surface area is 194 Å². The molecule has 0 saturated carbocycles. The molecule has 2 amide bonds. The van der Waals surface area contributed by atoms with Crippen LogP contribution in [0.4, 0.5) is 10.1 Å². The van der Waals surface area contributed by atoms with Gasteiger partial charge in [0.2, 0.25) is 5.91 Å². The van der Waals surface area contributed by atoms with E-state index in [1.807, 2.05) is 6.07 Å². The van der Waals surface area contributed by atoms with E-state index in [9.17, 15) is 23.6 Å². The standard InChI is InChI=1S/C25H20FN3O5/c26-19-7-3-17(4-8-19)22(30)15-34-25(33)18-5-9-20(10-6-18)29-23(31)12-21(24(29)32)28-14-16-2-1-11-27-13-16/h1-11,13,21,28H,12,14-15H2. The predicted octanol–water partition coefficient (Wildman–Crippen LogP) is 2.68. The molecule has 2 heterocycles. The van der Waals surface area contributed by atoms with Gasteiger partial charge in [-0.2, -0.15) is 0 Å². The summed E-state index contributed by atoms with van der Waals surface area (Å²) < 4.78 is 18.0. The smallest absolute Gasteiger partial charge is 0.338 e. The fourth-order valence-electron chi connectivity index (χ4n) is 3.49. The Hall–Kier alpha value is -4.24. The molecule has 1 aromatic heterocycles. The number of hydrogen-bond donors (Lipinski definition) is 1. The van der Waals surface area contributed by atoms with E-state index in [1.165, 1.54) is 36.4 Å². The highest BCUT2D eigenvalue weighted by Crippen LogP contribution is 2.24. The lowest BCUT2D eigenvalue weighted by Gasteiger charge is -2.16. The van der Waals surface area contributed by atoms with E-state index in [4.69, 9.17) is 4.74 Å². The molecule has 0 bridgehead atoms. The lowest BCUT2D eigenvalue weighted by Crippen LogP contribution is -2.38. The first kappa shape index (κ1) is 22.9. The largest absolute Gasteiger partial charge is 0.454 e. The van der Waals surface area contributed by atoms with Gasteiger partial charge in [0.25, 0.3) is 5.91 Å². The summed E-state index contributed by atoms with van der Waals surface area (Å²) in [6.45, 7) is -0.105. The number of pyridine rings is 1. The minimum absolute atomic E-state index is 0.0222. The van der Waals surface area contributed by atoms with E-state index in [0.717, 1.165) is 22.6 Å². The zero-order valence-corrected chi connectivity index (χ0v) is 17.9. The van der Waals surface area contributed by atoms with Crippen molar-refractivity contribution in [2.24, 2.45) is 0 Å². The van der Waals surface area contributed by atoms with Crippen molar-refractivity contribution in [3.63, 3.8) is 0 Å². The van der Waals surface area contributed by atoms with E-state index >= 15 is 0 Å². The van der Waals surface area contributed by atoms with Crippen molar-refractivity contribution >= 4 is 29.3 Å². The number of Topliss-reactive ketones (excluding diaryl/α,β-unsaturated/α-hetero) is 1. The maximum atomic E-state index is 13.0.